The number of carboxylic acids is 1. The van der Waals surface area contributed by atoms with Crippen LogP contribution in [0.3, 0.4) is 0 Å². The van der Waals surface area contributed by atoms with Crippen molar-refractivity contribution in [2.24, 2.45) is 0 Å². The first kappa shape index (κ1) is 19.4. The molecule has 1 heterocycles. The fourth-order valence-corrected chi connectivity index (χ4v) is 4.00. The Morgan fingerprint density at radius 1 is 1.16 bits per heavy atom. The molecular weight excluding hydrogens is 346 g/mol. The summed E-state index contributed by atoms with van der Waals surface area (Å²) in [6.07, 6.45) is 0. The molecule has 0 bridgehead atoms. The van der Waals surface area contributed by atoms with E-state index in [0.717, 1.165) is 0 Å². The maximum Gasteiger partial charge on any atom is 0.320 e. The van der Waals surface area contributed by atoms with Crippen molar-refractivity contribution in [3.8, 4) is 0 Å². The van der Waals surface area contributed by atoms with Crippen LogP contribution in [0.5, 0.6) is 0 Å². The molecule has 0 saturated carbocycles. The molecule has 0 aliphatic carbocycles. The Balaban J connectivity index is 1.93. The molecule has 0 spiro atoms. The van der Waals surface area contributed by atoms with Crippen LogP contribution >= 0.6 is 0 Å². The molecule has 1 atom stereocenters. The van der Waals surface area contributed by atoms with Gasteiger partial charge in [-0.3, -0.25) is 14.5 Å². The Kier molecular flexibility index (Phi) is 6.15. The van der Waals surface area contributed by atoms with Gasteiger partial charge in [-0.05, 0) is 26.1 Å². The number of amides is 1. The van der Waals surface area contributed by atoms with Gasteiger partial charge in [-0.2, -0.15) is 4.31 Å². The Morgan fingerprint density at radius 3 is 2.24 bits per heavy atom. The van der Waals surface area contributed by atoms with Crippen molar-refractivity contribution in [2.75, 3.05) is 39.8 Å². The topological polar surface area (TPSA) is 98.2 Å². The number of sulfonamides is 1. The summed E-state index contributed by atoms with van der Waals surface area (Å²) in [5.41, 5.74) is 0. The average molecular weight is 369 g/mol. The van der Waals surface area contributed by atoms with E-state index in [4.69, 9.17) is 5.11 Å². The number of likely N-dealkylation sites (N-methyl/N-ethyl adjacent to an activating group) is 1. The predicted octanol–water partition coefficient (Wildman–Crippen LogP) is -0.0756. The van der Waals surface area contributed by atoms with Gasteiger partial charge in [-0.1, -0.05) is 18.2 Å². The number of carboxylic acid groups (broad SMARTS) is 1. The number of piperazine rings is 1. The number of rotatable bonds is 6. The van der Waals surface area contributed by atoms with Crippen molar-refractivity contribution >= 4 is 21.9 Å². The fraction of sp³-hybridized carbons (Fsp3) is 0.500. The number of aliphatic carboxylic acids is 1. The Hall–Kier alpha value is -1.97. The van der Waals surface area contributed by atoms with Crippen LogP contribution in [0.4, 0.5) is 0 Å². The second kappa shape index (κ2) is 7.94. The largest absolute Gasteiger partial charge is 0.480 e. The molecule has 0 aromatic heterocycles. The first-order valence-corrected chi connectivity index (χ1v) is 9.43. The van der Waals surface area contributed by atoms with Crippen molar-refractivity contribution in [3.63, 3.8) is 0 Å². The number of carbonyl (C=O) groups is 2. The zero-order valence-corrected chi connectivity index (χ0v) is 15.1. The van der Waals surface area contributed by atoms with Crippen molar-refractivity contribution in [1.29, 1.82) is 0 Å². The molecule has 1 amide bonds. The molecule has 1 saturated heterocycles. The Bertz CT molecular complexity index is 715. The molecule has 1 fully saturated rings. The summed E-state index contributed by atoms with van der Waals surface area (Å²) < 4.78 is 26.5. The fourth-order valence-electron chi connectivity index (χ4n) is 2.56. The van der Waals surface area contributed by atoms with Gasteiger partial charge in [0.1, 0.15) is 6.04 Å². The minimum atomic E-state index is -3.55. The zero-order valence-electron chi connectivity index (χ0n) is 14.3. The molecule has 1 aliphatic rings. The summed E-state index contributed by atoms with van der Waals surface area (Å²) in [7, 11) is -1.98. The number of hydrogen-bond donors (Lipinski definition) is 1. The SMILES string of the molecule is CC(C(=O)O)N(C)CC(=O)N1CCN(S(=O)(=O)c2ccccc2)CC1. The van der Waals surface area contributed by atoms with E-state index in [-0.39, 0.29) is 30.4 Å². The molecule has 1 aromatic rings. The van der Waals surface area contributed by atoms with Gasteiger partial charge in [0, 0.05) is 26.2 Å². The van der Waals surface area contributed by atoms with Crippen LogP contribution in [0.15, 0.2) is 35.2 Å². The average Bonchev–Trinajstić information content (AvgIpc) is 2.61. The summed E-state index contributed by atoms with van der Waals surface area (Å²) in [5, 5.41) is 8.97. The van der Waals surface area contributed by atoms with Gasteiger partial charge in [0.15, 0.2) is 0 Å². The van der Waals surface area contributed by atoms with E-state index in [9.17, 15) is 18.0 Å². The van der Waals surface area contributed by atoms with Gasteiger partial charge in [-0.25, -0.2) is 8.42 Å². The molecular formula is C16H23N3O5S. The van der Waals surface area contributed by atoms with Gasteiger partial charge in [0.25, 0.3) is 0 Å². The molecule has 1 N–H and O–H groups in total. The van der Waals surface area contributed by atoms with Crippen LogP contribution in [0, 0.1) is 0 Å². The maximum absolute atomic E-state index is 12.6. The van der Waals surface area contributed by atoms with E-state index in [1.165, 1.54) is 16.1 Å². The Labute approximate surface area is 147 Å². The molecule has 25 heavy (non-hydrogen) atoms. The van der Waals surface area contributed by atoms with Crippen LogP contribution in [0.25, 0.3) is 0 Å². The molecule has 9 heteroatoms. The normalized spacial score (nSPS) is 17.5. The third kappa shape index (κ3) is 4.56. The molecule has 2 rings (SSSR count). The zero-order chi connectivity index (χ0) is 18.6. The Morgan fingerprint density at radius 2 is 1.72 bits per heavy atom. The van der Waals surface area contributed by atoms with Crippen LogP contribution < -0.4 is 0 Å². The summed E-state index contributed by atoms with van der Waals surface area (Å²) in [5.74, 6) is -1.19. The van der Waals surface area contributed by atoms with Gasteiger partial charge >= 0.3 is 5.97 Å². The van der Waals surface area contributed by atoms with Gasteiger partial charge in [0.2, 0.25) is 15.9 Å². The van der Waals surface area contributed by atoms with E-state index >= 15 is 0 Å². The predicted molar refractivity (Wildman–Crippen MR) is 91.5 cm³/mol. The standard InChI is InChI=1S/C16H23N3O5S/c1-13(16(21)22)17(2)12-15(20)18-8-10-19(11-9-18)25(23,24)14-6-4-3-5-7-14/h3-7,13H,8-12H2,1-2H3,(H,21,22). The lowest BCUT2D eigenvalue weighted by Gasteiger charge is -2.35. The lowest BCUT2D eigenvalue weighted by Crippen LogP contribution is -2.53. The van der Waals surface area contributed by atoms with Crippen LogP contribution in [-0.4, -0.2) is 85.3 Å². The molecule has 1 aromatic carbocycles. The molecule has 8 nitrogen and oxygen atoms in total. The minimum Gasteiger partial charge on any atom is -0.480 e. The number of carbonyl (C=O) groups excluding carboxylic acids is 1. The van der Waals surface area contributed by atoms with Crippen LogP contribution in [0.2, 0.25) is 0 Å². The molecule has 1 unspecified atom stereocenters. The van der Waals surface area contributed by atoms with Crippen molar-refractivity contribution in [2.45, 2.75) is 17.9 Å². The highest BCUT2D eigenvalue weighted by Gasteiger charge is 2.30. The smallest absolute Gasteiger partial charge is 0.320 e. The number of benzene rings is 1. The van der Waals surface area contributed by atoms with Crippen molar-refractivity contribution in [3.05, 3.63) is 30.3 Å². The second-order valence-electron chi connectivity index (χ2n) is 6.03. The van der Waals surface area contributed by atoms with Gasteiger partial charge < -0.3 is 10.0 Å². The first-order chi connectivity index (χ1) is 11.7. The molecule has 0 radical (unpaired) electrons. The van der Waals surface area contributed by atoms with E-state index in [0.29, 0.717) is 13.1 Å². The van der Waals surface area contributed by atoms with E-state index in [1.54, 1.807) is 42.3 Å². The number of hydrogen-bond acceptors (Lipinski definition) is 5. The maximum atomic E-state index is 12.6. The highest BCUT2D eigenvalue weighted by Crippen LogP contribution is 2.17. The van der Waals surface area contributed by atoms with E-state index < -0.39 is 22.0 Å². The van der Waals surface area contributed by atoms with Gasteiger partial charge in [-0.15, -0.1) is 0 Å². The second-order valence-corrected chi connectivity index (χ2v) is 7.97. The number of nitrogens with zero attached hydrogens (tertiary/aromatic N) is 3. The van der Waals surface area contributed by atoms with Crippen molar-refractivity contribution < 1.29 is 23.1 Å². The highest BCUT2D eigenvalue weighted by molar-refractivity contribution is 7.89. The third-order valence-corrected chi connectivity index (χ3v) is 6.29. The van der Waals surface area contributed by atoms with Crippen LogP contribution in [-0.2, 0) is 19.6 Å². The minimum absolute atomic E-state index is 0.0150. The van der Waals surface area contributed by atoms with Crippen LogP contribution in [0.1, 0.15) is 6.92 Å². The van der Waals surface area contributed by atoms with Crippen molar-refractivity contribution in [1.82, 2.24) is 14.1 Å². The lowest BCUT2D eigenvalue weighted by atomic mass is 10.3. The van der Waals surface area contributed by atoms with E-state index in [1.807, 2.05) is 0 Å². The molecule has 138 valence electrons. The highest BCUT2D eigenvalue weighted by atomic mass is 32.2. The summed E-state index contributed by atoms with van der Waals surface area (Å²) >= 11 is 0. The summed E-state index contributed by atoms with van der Waals surface area (Å²) in [4.78, 5) is 26.5. The summed E-state index contributed by atoms with van der Waals surface area (Å²) in [6, 6.07) is 7.44. The van der Waals surface area contributed by atoms with Gasteiger partial charge in [0.05, 0.1) is 11.4 Å². The molecule has 1 aliphatic heterocycles. The lowest BCUT2D eigenvalue weighted by molar-refractivity contribution is -0.143. The van der Waals surface area contributed by atoms with E-state index in [2.05, 4.69) is 0 Å². The first-order valence-electron chi connectivity index (χ1n) is 7.99. The quantitative estimate of drug-likeness (QED) is 0.753. The monoisotopic (exact) mass is 369 g/mol. The third-order valence-electron chi connectivity index (χ3n) is 4.38. The summed E-state index contributed by atoms with van der Waals surface area (Å²) in [6.45, 7) is 2.53.